The number of carbonyl (C=O) groups is 2. The summed E-state index contributed by atoms with van der Waals surface area (Å²) in [5.74, 6) is 0.0915. The molecule has 0 heterocycles. The van der Waals surface area contributed by atoms with Crippen LogP contribution in [-0.2, 0) is 21.5 Å². The van der Waals surface area contributed by atoms with Crippen LogP contribution in [0.15, 0.2) is 42.5 Å². The Morgan fingerprint density at radius 3 is 2.28 bits per heavy atom. The highest BCUT2D eigenvalue weighted by Gasteiger charge is 2.26. The third-order valence-corrected chi connectivity index (χ3v) is 5.88. The van der Waals surface area contributed by atoms with Gasteiger partial charge in [0.2, 0.25) is 5.91 Å². The standard InChI is InChI=1S/C25H32Cl2N2O3/c1-6-13-28-24(31)17(2)29(15-18-7-12-21(26)22(27)14-18)23(30)16-32-20-10-8-19(9-11-20)25(3,4)5/h7-12,14,17H,6,13,15-16H2,1-5H3,(H,28,31)/t17-/m0/s1. The molecular formula is C25H32Cl2N2O3. The van der Waals surface area contributed by atoms with Crippen molar-refractivity contribution in [3.05, 3.63) is 63.6 Å². The van der Waals surface area contributed by atoms with Gasteiger partial charge in [-0.2, -0.15) is 0 Å². The number of ether oxygens (including phenoxy) is 1. The number of amides is 2. The van der Waals surface area contributed by atoms with Gasteiger partial charge < -0.3 is 15.0 Å². The van der Waals surface area contributed by atoms with Crippen molar-refractivity contribution < 1.29 is 14.3 Å². The fourth-order valence-corrected chi connectivity index (χ4v) is 3.41. The largest absolute Gasteiger partial charge is 0.484 e. The molecule has 0 saturated heterocycles. The number of nitrogens with zero attached hydrogens (tertiary/aromatic N) is 1. The lowest BCUT2D eigenvalue weighted by atomic mass is 9.87. The van der Waals surface area contributed by atoms with Crippen molar-refractivity contribution >= 4 is 35.0 Å². The van der Waals surface area contributed by atoms with E-state index in [1.807, 2.05) is 31.2 Å². The summed E-state index contributed by atoms with van der Waals surface area (Å²) in [4.78, 5) is 27.1. The minimum absolute atomic E-state index is 0.0340. The Morgan fingerprint density at radius 1 is 1.06 bits per heavy atom. The van der Waals surface area contributed by atoms with E-state index in [-0.39, 0.29) is 30.4 Å². The van der Waals surface area contributed by atoms with Crippen LogP contribution in [0.4, 0.5) is 0 Å². The number of carbonyl (C=O) groups excluding carboxylic acids is 2. The molecule has 2 amide bonds. The molecule has 7 heteroatoms. The first-order valence-corrected chi connectivity index (χ1v) is 11.5. The van der Waals surface area contributed by atoms with Crippen molar-refractivity contribution in [2.75, 3.05) is 13.2 Å². The van der Waals surface area contributed by atoms with Crippen LogP contribution in [0.25, 0.3) is 0 Å². The molecule has 0 aliphatic rings. The number of halogens is 2. The van der Waals surface area contributed by atoms with Crippen LogP contribution in [0.1, 0.15) is 52.2 Å². The lowest BCUT2D eigenvalue weighted by molar-refractivity contribution is -0.142. The van der Waals surface area contributed by atoms with E-state index in [0.29, 0.717) is 22.3 Å². The second kappa shape index (κ2) is 11.6. The highest BCUT2D eigenvalue weighted by molar-refractivity contribution is 6.42. The normalized spacial score (nSPS) is 12.2. The maximum absolute atomic E-state index is 13.1. The van der Waals surface area contributed by atoms with Crippen LogP contribution >= 0.6 is 23.2 Å². The Hall–Kier alpha value is -2.24. The van der Waals surface area contributed by atoms with Gasteiger partial charge in [0, 0.05) is 13.1 Å². The Labute approximate surface area is 201 Å². The zero-order chi connectivity index (χ0) is 23.9. The first-order chi connectivity index (χ1) is 15.0. The van der Waals surface area contributed by atoms with E-state index in [4.69, 9.17) is 27.9 Å². The first-order valence-electron chi connectivity index (χ1n) is 10.8. The van der Waals surface area contributed by atoms with Crippen LogP contribution in [0, 0.1) is 0 Å². The summed E-state index contributed by atoms with van der Waals surface area (Å²) in [6, 6.07) is 12.2. The fourth-order valence-electron chi connectivity index (χ4n) is 3.09. The number of nitrogens with one attached hydrogen (secondary N) is 1. The summed E-state index contributed by atoms with van der Waals surface area (Å²) in [6.07, 6.45) is 0.812. The van der Waals surface area contributed by atoms with Gasteiger partial charge in [0.25, 0.3) is 5.91 Å². The van der Waals surface area contributed by atoms with Gasteiger partial charge in [0.05, 0.1) is 10.0 Å². The van der Waals surface area contributed by atoms with E-state index in [1.165, 1.54) is 10.5 Å². The average molecular weight is 479 g/mol. The third kappa shape index (κ3) is 7.42. The van der Waals surface area contributed by atoms with Crippen molar-refractivity contribution in [1.29, 1.82) is 0 Å². The lowest BCUT2D eigenvalue weighted by Crippen LogP contribution is -2.49. The van der Waals surface area contributed by atoms with Gasteiger partial charge in [-0.1, -0.05) is 69.1 Å². The van der Waals surface area contributed by atoms with Crippen molar-refractivity contribution in [1.82, 2.24) is 10.2 Å². The molecule has 2 aromatic rings. The molecule has 0 unspecified atom stereocenters. The predicted octanol–water partition coefficient (Wildman–Crippen LogP) is 5.61. The van der Waals surface area contributed by atoms with Crippen LogP contribution < -0.4 is 10.1 Å². The monoisotopic (exact) mass is 478 g/mol. The van der Waals surface area contributed by atoms with Gasteiger partial charge in [0.15, 0.2) is 6.61 Å². The number of hydrogen-bond acceptors (Lipinski definition) is 3. The number of benzene rings is 2. The van der Waals surface area contributed by atoms with Crippen molar-refractivity contribution in [3.63, 3.8) is 0 Å². The quantitative estimate of drug-likeness (QED) is 0.509. The second-order valence-electron chi connectivity index (χ2n) is 8.80. The predicted molar refractivity (Wildman–Crippen MR) is 130 cm³/mol. The van der Waals surface area contributed by atoms with Gasteiger partial charge in [-0.05, 0) is 54.2 Å². The van der Waals surface area contributed by atoms with Crippen LogP contribution in [0.2, 0.25) is 10.0 Å². The summed E-state index contributed by atoms with van der Waals surface area (Å²) in [7, 11) is 0. The van der Waals surface area contributed by atoms with E-state index >= 15 is 0 Å². The van der Waals surface area contributed by atoms with Crippen molar-refractivity contribution in [2.24, 2.45) is 0 Å². The van der Waals surface area contributed by atoms with Crippen molar-refractivity contribution in [3.8, 4) is 5.75 Å². The summed E-state index contributed by atoms with van der Waals surface area (Å²) in [5.41, 5.74) is 1.99. The Morgan fingerprint density at radius 2 is 1.72 bits per heavy atom. The van der Waals surface area contributed by atoms with Gasteiger partial charge in [-0.25, -0.2) is 0 Å². The molecule has 1 atom stereocenters. The summed E-state index contributed by atoms with van der Waals surface area (Å²) >= 11 is 12.1. The van der Waals surface area contributed by atoms with E-state index < -0.39 is 6.04 Å². The molecule has 2 rings (SSSR count). The second-order valence-corrected chi connectivity index (χ2v) is 9.61. The topological polar surface area (TPSA) is 58.6 Å². The van der Waals surface area contributed by atoms with E-state index in [9.17, 15) is 9.59 Å². The molecule has 0 saturated carbocycles. The molecule has 0 bridgehead atoms. The molecule has 0 fully saturated rings. The molecule has 174 valence electrons. The summed E-state index contributed by atoms with van der Waals surface area (Å²) < 4.78 is 5.74. The molecule has 0 radical (unpaired) electrons. The van der Waals surface area contributed by atoms with Gasteiger partial charge in [0.1, 0.15) is 11.8 Å². The molecule has 0 spiro atoms. The van der Waals surface area contributed by atoms with Crippen LogP contribution in [0.3, 0.4) is 0 Å². The SMILES string of the molecule is CCCNC(=O)[C@H](C)N(Cc1ccc(Cl)c(Cl)c1)C(=O)COc1ccc(C(C)(C)C)cc1. The summed E-state index contributed by atoms with van der Waals surface area (Å²) in [5, 5.41) is 3.68. The molecule has 0 aliphatic heterocycles. The first kappa shape index (κ1) is 26.0. The molecule has 32 heavy (non-hydrogen) atoms. The molecular weight excluding hydrogens is 447 g/mol. The minimum Gasteiger partial charge on any atom is -0.484 e. The van der Waals surface area contributed by atoms with Crippen molar-refractivity contribution in [2.45, 2.75) is 59.0 Å². The van der Waals surface area contributed by atoms with Gasteiger partial charge >= 0.3 is 0 Å². The van der Waals surface area contributed by atoms with E-state index in [1.54, 1.807) is 25.1 Å². The third-order valence-electron chi connectivity index (χ3n) is 5.14. The van der Waals surface area contributed by atoms with E-state index in [0.717, 1.165) is 12.0 Å². The van der Waals surface area contributed by atoms with Crippen LogP contribution in [0.5, 0.6) is 5.75 Å². The molecule has 5 nitrogen and oxygen atoms in total. The summed E-state index contributed by atoms with van der Waals surface area (Å²) in [6.45, 7) is 10.7. The zero-order valence-electron chi connectivity index (χ0n) is 19.4. The fraction of sp³-hybridized carbons (Fsp3) is 0.440. The Bertz CT molecular complexity index is 924. The Balaban J connectivity index is 2.15. The average Bonchev–Trinajstić information content (AvgIpc) is 2.75. The number of hydrogen-bond donors (Lipinski definition) is 1. The van der Waals surface area contributed by atoms with Gasteiger partial charge in [-0.3, -0.25) is 9.59 Å². The molecule has 0 aromatic heterocycles. The molecule has 0 aliphatic carbocycles. The number of rotatable bonds is 9. The molecule has 1 N–H and O–H groups in total. The highest BCUT2D eigenvalue weighted by atomic mass is 35.5. The maximum atomic E-state index is 13.1. The minimum atomic E-state index is -0.671. The maximum Gasteiger partial charge on any atom is 0.261 e. The smallest absolute Gasteiger partial charge is 0.261 e. The zero-order valence-corrected chi connectivity index (χ0v) is 20.9. The Kier molecular flexibility index (Phi) is 9.41. The highest BCUT2D eigenvalue weighted by Crippen LogP contribution is 2.25. The van der Waals surface area contributed by atoms with Gasteiger partial charge in [-0.15, -0.1) is 0 Å². The van der Waals surface area contributed by atoms with E-state index in [2.05, 4.69) is 26.1 Å². The molecule has 2 aromatic carbocycles. The van der Waals surface area contributed by atoms with Crippen LogP contribution in [-0.4, -0.2) is 35.9 Å². The lowest BCUT2D eigenvalue weighted by Gasteiger charge is -2.29.